The molecule has 14 heavy (non-hydrogen) atoms. The molecule has 1 aromatic heterocycles. The fourth-order valence-corrected chi connectivity index (χ4v) is 1.57. The van der Waals surface area contributed by atoms with Gasteiger partial charge in [-0.15, -0.1) is 0 Å². The van der Waals surface area contributed by atoms with Gasteiger partial charge in [0.2, 0.25) is 0 Å². The molecule has 1 saturated heterocycles. The van der Waals surface area contributed by atoms with Crippen molar-refractivity contribution in [2.45, 2.75) is 12.5 Å². The molecule has 1 atom stereocenters. The summed E-state index contributed by atoms with van der Waals surface area (Å²) in [4.78, 5) is 15.6. The summed E-state index contributed by atoms with van der Waals surface area (Å²) in [7, 11) is 1.85. The molecule has 76 valence electrons. The summed E-state index contributed by atoms with van der Waals surface area (Å²) in [5.41, 5.74) is 0.486. The maximum atomic E-state index is 11.6. The van der Waals surface area contributed by atoms with Crippen molar-refractivity contribution in [1.82, 2.24) is 20.2 Å². The van der Waals surface area contributed by atoms with Crippen molar-refractivity contribution in [3.8, 4) is 0 Å². The molecule has 0 aliphatic carbocycles. The van der Waals surface area contributed by atoms with Gasteiger partial charge >= 0.3 is 0 Å². The lowest BCUT2D eigenvalue weighted by Gasteiger charge is -2.09. The van der Waals surface area contributed by atoms with E-state index < -0.39 is 0 Å². The SMILES string of the molecule is Cn1cnc(C(=O)NC2CCNC2)c1. The van der Waals surface area contributed by atoms with Crippen LogP contribution in [0.5, 0.6) is 0 Å². The van der Waals surface area contributed by atoms with Crippen molar-refractivity contribution in [3.05, 3.63) is 18.2 Å². The summed E-state index contributed by atoms with van der Waals surface area (Å²) >= 11 is 0. The Balaban J connectivity index is 1.95. The van der Waals surface area contributed by atoms with Gasteiger partial charge in [-0.2, -0.15) is 0 Å². The van der Waals surface area contributed by atoms with Gasteiger partial charge in [0.05, 0.1) is 6.33 Å². The van der Waals surface area contributed by atoms with E-state index in [0.29, 0.717) is 5.69 Å². The lowest BCUT2D eigenvalue weighted by Crippen LogP contribution is -2.36. The summed E-state index contributed by atoms with van der Waals surface area (Å²) in [5, 5.41) is 6.13. The van der Waals surface area contributed by atoms with Crippen LogP contribution in [-0.2, 0) is 7.05 Å². The minimum absolute atomic E-state index is 0.0840. The number of aromatic nitrogens is 2. The summed E-state index contributed by atoms with van der Waals surface area (Å²) in [6, 6.07) is 0.254. The third kappa shape index (κ3) is 1.93. The van der Waals surface area contributed by atoms with Gasteiger partial charge in [0.1, 0.15) is 5.69 Å². The van der Waals surface area contributed by atoms with Crippen LogP contribution in [0, 0.1) is 0 Å². The molecule has 1 aromatic rings. The molecule has 0 saturated carbocycles. The molecular formula is C9H14N4O. The highest BCUT2D eigenvalue weighted by atomic mass is 16.2. The van der Waals surface area contributed by atoms with Gasteiger partial charge in [-0.25, -0.2) is 4.98 Å². The molecule has 5 nitrogen and oxygen atoms in total. The molecule has 1 aliphatic heterocycles. The van der Waals surface area contributed by atoms with E-state index in [1.54, 1.807) is 17.1 Å². The molecule has 0 aromatic carbocycles. The van der Waals surface area contributed by atoms with E-state index in [-0.39, 0.29) is 11.9 Å². The van der Waals surface area contributed by atoms with E-state index in [4.69, 9.17) is 0 Å². The Labute approximate surface area is 82.5 Å². The Morgan fingerprint density at radius 3 is 3.21 bits per heavy atom. The van der Waals surface area contributed by atoms with Crippen LogP contribution in [-0.4, -0.2) is 34.6 Å². The number of nitrogens with zero attached hydrogens (tertiary/aromatic N) is 2. The Morgan fingerprint density at radius 1 is 1.79 bits per heavy atom. The molecule has 1 amide bonds. The number of hydrogen-bond acceptors (Lipinski definition) is 3. The van der Waals surface area contributed by atoms with Gasteiger partial charge in [-0.3, -0.25) is 4.79 Å². The first-order valence-electron chi connectivity index (χ1n) is 4.75. The summed E-state index contributed by atoms with van der Waals surface area (Å²) < 4.78 is 1.77. The smallest absolute Gasteiger partial charge is 0.271 e. The van der Waals surface area contributed by atoms with Crippen LogP contribution in [0.2, 0.25) is 0 Å². The second kappa shape index (κ2) is 3.79. The molecule has 2 heterocycles. The third-order valence-corrected chi connectivity index (χ3v) is 2.33. The van der Waals surface area contributed by atoms with Crippen LogP contribution in [0.15, 0.2) is 12.5 Å². The number of aryl methyl sites for hydroxylation is 1. The molecule has 0 spiro atoms. The Kier molecular flexibility index (Phi) is 2.49. The molecule has 2 rings (SSSR count). The predicted molar refractivity (Wildman–Crippen MR) is 51.9 cm³/mol. The molecular weight excluding hydrogens is 180 g/mol. The van der Waals surface area contributed by atoms with Crippen molar-refractivity contribution >= 4 is 5.91 Å². The van der Waals surface area contributed by atoms with Gasteiger partial charge < -0.3 is 15.2 Å². The van der Waals surface area contributed by atoms with Crippen molar-refractivity contribution in [3.63, 3.8) is 0 Å². The van der Waals surface area contributed by atoms with Gasteiger partial charge in [-0.1, -0.05) is 0 Å². The lowest BCUT2D eigenvalue weighted by atomic mass is 10.2. The first kappa shape index (κ1) is 9.21. The fourth-order valence-electron chi connectivity index (χ4n) is 1.57. The van der Waals surface area contributed by atoms with Crippen LogP contribution >= 0.6 is 0 Å². The number of imidazole rings is 1. The molecule has 0 radical (unpaired) electrons. The molecule has 1 unspecified atom stereocenters. The number of carbonyl (C=O) groups is 1. The zero-order valence-electron chi connectivity index (χ0n) is 8.16. The standard InChI is InChI=1S/C9H14N4O/c1-13-5-8(11-6-13)9(14)12-7-2-3-10-4-7/h5-7,10H,2-4H2,1H3,(H,12,14). The second-order valence-electron chi connectivity index (χ2n) is 3.59. The minimum Gasteiger partial charge on any atom is -0.347 e. The lowest BCUT2D eigenvalue weighted by molar-refractivity contribution is 0.0935. The second-order valence-corrected chi connectivity index (χ2v) is 3.59. The third-order valence-electron chi connectivity index (χ3n) is 2.33. The highest BCUT2D eigenvalue weighted by Gasteiger charge is 2.18. The zero-order valence-corrected chi connectivity index (χ0v) is 8.16. The molecule has 5 heteroatoms. The highest BCUT2D eigenvalue weighted by molar-refractivity contribution is 5.92. The van der Waals surface area contributed by atoms with Crippen LogP contribution in [0.4, 0.5) is 0 Å². The molecule has 1 fully saturated rings. The molecule has 2 N–H and O–H groups in total. The zero-order chi connectivity index (χ0) is 9.97. The summed E-state index contributed by atoms with van der Waals surface area (Å²) in [6.07, 6.45) is 4.35. The fraction of sp³-hybridized carbons (Fsp3) is 0.556. The Hall–Kier alpha value is -1.36. The van der Waals surface area contributed by atoms with Crippen LogP contribution in [0.3, 0.4) is 0 Å². The van der Waals surface area contributed by atoms with E-state index in [0.717, 1.165) is 19.5 Å². The van der Waals surface area contributed by atoms with Crippen molar-refractivity contribution in [2.75, 3.05) is 13.1 Å². The number of rotatable bonds is 2. The quantitative estimate of drug-likeness (QED) is 0.668. The van der Waals surface area contributed by atoms with Crippen molar-refractivity contribution in [2.24, 2.45) is 7.05 Å². The van der Waals surface area contributed by atoms with E-state index in [1.165, 1.54) is 0 Å². The van der Waals surface area contributed by atoms with Crippen LogP contribution in [0.1, 0.15) is 16.9 Å². The van der Waals surface area contributed by atoms with Gasteiger partial charge in [0.25, 0.3) is 5.91 Å². The summed E-state index contributed by atoms with van der Waals surface area (Å²) in [5.74, 6) is -0.0840. The number of nitrogens with one attached hydrogen (secondary N) is 2. The predicted octanol–water partition coefficient (Wildman–Crippen LogP) is -0.488. The van der Waals surface area contributed by atoms with E-state index in [2.05, 4.69) is 15.6 Å². The first-order valence-corrected chi connectivity index (χ1v) is 4.75. The van der Waals surface area contributed by atoms with E-state index >= 15 is 0 Å². The van der Waals surface area contributed by atoms with Crippen LogP contribution in [0.25, 0.3) is 0 Å². The first-order chi connectivity index (χ1) is 6.75. The summed E-state index contributed by atoms with van der Waals surface area (Å²) in [6.45, 7) is 1.84. The number of carbonyl (C=O) groups excluding carboxylic acids is 1. The van der Waals surface area contributed by atoms with Crippen LogP contribution < -0.4 is 10.6 Å². The molecule has 0 bridgehead atoms. The maximum Gasteiger partial charge on any atom is 0.271 e. The Bertz CT molecular complexity index is 327. The van der Waals surface area contributed by atoms with Gasteiger partial charge in [-0.05, 0) is 13.0 Å². The van der Waals surface area contributed by atoms with Gasteiger partial charge in [0, 0.05) is 25.8 Å². The van der Waals surface area contributed by atoms with Gasteiger partial charge in [0.15, 0.2) is 0 Å². The maximum absolute atomic E-state index is 11.6. The largest absolute Gasteiger partial charge is 0.347 e. The number of amides is 1. The van der Waals surface area contributed by atoms with Crippen molar-refractivity contribution < 1.29 is 4.79 Å². The average molecular weight is 194 g/mol. The minimum atomic E-state index is -0.0840. The van der Waals surface area contributed by atoms with E-state index in [1.807, 2.05) is 7.05 Å². The normalized spacial score (nSPS) is 21.1. The highest BCUT2D eigenvalue weighted by Crippen LogP contribution is 2.00. The Morgan fingerprint density at radius 2 is 2.64 bits per heavy atom. The molecule has 1 aliphatic rings. The average Bonchev–Trinajstić information content (AvgIpc) is 2.75. The topological polar surface area (TPSA) is 59.0 Å². The van der Waals surface area contributed by atoms with E-state index in [9.17, 15) is 4.79 Å². The van der Waals surface area contributed by atoms with Crippen molar-refractivity contribution in [1.29, 1.82) is 0 Å². The number of hydrogen-bond donors (Lipinski definition) is 2. The monoisotopic (exact) mass is 194 g/mol.